The lowest BCUT2D eigenvalue weighted by Gasteiger charge is -2.40. The Morgan fingerprint density at radius 2 is 1.75 bits per heavy atom. The molecule has 2 N–H and O–H groups in total. The molecule has 5 heteroatoms. The van der Waals surface area contributed by atoms with Crippen LogP contribution in [0.25, 0.3) is 11.3 Å². The molecule has 168 valence electrons. The number of carbonyl (C=O) groups excluding carboxylic acids is 1. The van der Waals surface area contributed by atoms with Gasteiger partial charge < -0.3 is 20.1 Å². The van der Waals surface area contributed by atoms with Gasteiger partial charge in [-0.1, -0.05) is 12.1 Å². The van der Waals surface area contributed by atoms with Gasteiger partial charge in [0.25, 0.3) is 5.91 Å². The van der Waals surface area contributed by atoms with Crippen LogP contribution < -0.4 is 10.1 Å². The minimum atomic E-state index is -0.340. The number of benzene rings is 2. The number of nitrogens with one attached hydrogen (secondary N) is 1. The molecule has 0 bridgehead atoms. The summed E-state index contributed by atoms with van der Waals surface area (Å²) < 4.78 is 6.52. The van der Waals surface area contributed by atoms with Gasteiger partial charge in [-0.3, -0.25) is 4.79 Å². The Morgan fingerprint density at radius 1 is 1.09 bits per heavy atom. The highest BCUT2D eigenvalue weighted by atomic mass is 16.5. The normalized spacial score (nSPS) is 17.3. The molecule has 1 fully saturated rings. The van der Waals surface area contributed by atoms with Crippen molar-refractivity contribution < 1.29 is 14.6 Å². The molecule has 0 aliphatic carbocycles. The van der Waals surface area contributed by atoms with E-state index >= 15 is 0 Å². The molecule has 2 aromatic rings. The molecule has 32 heavy (non-hydrogen) atoms. The third-order valence-electron chi connectivity index (χ3n) is 6.50. The zero-order valence-electron chi connectivity index (χ0n) is 19.1. The summed E-state index contributed by atoms with van der Waals surface area (Å²) in [6.07, 6.45) is 5.73. The van der Waals surface area contributed by atoms with E-state index in [1.54, 1.807) is 6.08 Å². The summed E-state index contributed by atoms with van der Waals surface area (Å²) in [5, 5.41) is 13.7. The van der Waals surface area contributed by atoms with E-state index in [0.29, 0.717) is 18.7 Å². The Kier molecular flexibility index (Phi) is 6.38. The highest BCUT2D eigenvalue weighted by Gasteiger charge is 2.37. The lowest BCUT2D eigenvalue weighted by molar-refractivity contribution is 0.0772. The third-order valence-corrected chi connectivity index (χ3v) is 6.50. The van der Waals surface area contributed by atoms with Gasteiger partial charge in [-0.2, -0.15) is 0 Å². The number of hydrogen-bond acceptors (Lipinski definition) is 4. The van der Waals surface area contributed by atoms with Gasteiger partial charge in [0.2, 0.25) is 0 Å². The van der Waals surface area contributed by atoms with E-state index in [9.17, 15) is 9.90 Å². The van der Waals surface area contributed by atoms with Crippen molar-refractivity contribution in [3.05, 3.63) is 76.9 Å². The SMILES string of the molecule is C/C=C(/O)c1ccc2c(c1)C(c1ccc(C(=O)N(CC)CC)cc1)=CC1(CCNCC1)O2. The fourth-order valence-corrected chi connectivity index (χ4v) is 4.57. The van der Waals surface area contributed by atoms with E-state index in [-0.39, 0.29) is 17.3 Å². The largest absolute Gasteiger partial charge is 0.508 e. The Hall–Kier alpha value is -3.05. The number of fused-ring (bicyclic) bond motifs is 1. The van der Waals surface area contributed by atoms with Gasteiger partial charge in [-0.25, -0.2) is 0 Å². The van der Waals surface area contributed by atoms with Crippen molar-refractivity contribution >= 4 is 17.2 Å². The van der Waals surface area contributed by atoms with Crippen LogP contribution in [0.1, 0.15) is 60.7 Å². The maximum absolute atomic E-state index is 12.7. The Balaban J connectivity index is 1.77. The average Bonchev–Trinajstić information content (AvgIpc) is 2.84. The van der Waals surface area contributed by atoms with Crippen molar-refractivity contribution in [1.82, 2.24) is 10.2 Å². The van der Waals surface area contributed by atoms with E-state index < -0.39 is 0 Å². The minimum Gasteiger partial charge on any atom is -0.508 e. The van der Waals surface area contributed by atoms with E-state index in [1.807, 2.05) is 68.1 Å². The Bertz CT molecular complexity index is 1040. The summed E-state index contributed by atoms with van der Waals surface area (Å²) in [4.78, 5) is 14.6. The number of amides is 1. The molecule has 0 aromatic heterocycles. The van der Waals surface area contributed by atoms with Crippen LogP contribution in [0.5, 0.6) is 5.75 Å². The molecule has 1 spiro atoms. The quantitative estimate of drug-likeness (QED) is 0.651. The molecule has 1 amide bonds. The van der Waals surface area contributed by atoms with Crippen molar-refractivity contribution in [1.29, 1.82) is 0 Å². The number of carbonyl (C=O) groups is 1. The second kappa shape index (κ2) is 9.21. The summed E-state index contributed by atoms with van der Waals surface area (Å²) in [7, 11) is 0. The lowest BCUT2D eigenvalue weighted by atomic mass is 9.83. The van der Waals surface area contributed by atoms with E-state index in [0.717, 1.165) is 53.9 Å². The van der Waals surface area contributed by atoms with Gasteiger partial charge in [0.1, 0.15) is 17.1 Å². The fourth-order valence-electron chi connectivity index (χ4n) is 4.57. The molecule has 2 aliphatic rings. The van der Waals surface area contributed by atoms with Gasteiger partial charge in [-0.15, -0.1) is 0 Å². The third kappa shape index (κ3) is 4.17. The van der Waals surface area contributed by atoms with Crippen LogP contribution in [0.2, 0.25) is 0 Å². The molecule has 0 radical (unpaired) electrons. The lowest BCUT2D eigenvalue weighted by Crippen LogP contribution is -2.46. The van der Waals surface area contributed by atoms with Crippen molar-refractivity contribution in [2.24, 2.45) is 0 Å². The number of aliphatic hydroxyl groups is 1. The van der Waals surface area contributed by atoms with Crippen LogP contribution in [0.15, 0.2) is 54.6 Å². The molecule has 0 saturated carbocycles. The topological polar surface area (TPSA) is 61.8 Å². The van der Waals surface area contributed by atoms with E-state index in [1.165, 1.54) is 0 Å². The van der Waals surface area contributed by atoms with Crippen LogP contribution in [0.4, 0.5) is 0 Å². The van der Waals surface area contributed by atoms with Gasteiger partial charge >= 0.3 is 0 Å². The second-order valence-electron chi connectivity index (χ2n) is 8.41. The summed E-state index contributed by atoms with van der Waals surface area (Å²) in [5.74, 6) is 1.13. The molecule has 2 heterocycles. The van der Waals surface area contributed by atoms with Crippen molar-refractivity contribution in [3.63, 3.8) is 0 Å². The average molecular weight is 433 g/mol. The van der Waals surface area contributed by atoms with Crippen LogP contribution in [-0.2, 0) is 0 Å². The van der Waals surface area contributed by atoms with Gasteiger partial charge in [0.15, 0.2) is 0 Å². The Labute approximate surface area is 190 Å². The minimum absolute atomic E-state index is 0.0537. The molecule has 2 aliphatic heterocycles. The van der Waals surface area contributed by atoms with Crippen LogP contribution in [-0.4, -0.2) is 47.7 Å². The molecule has 0 atom stereocenters. The van der Waals surface area contributed by atoms with Crippen LogP contribution >= 0.6 is 0 Å². The van der Waals surface area contributed by atoms with E-state index in [2.05, 4.69) is 11.4 Å². The molecule has 5 nitrogen and oxygen atoms in total. The van der Waals surface area contributed by atoms with Gasteiger partial charge in [0, 0.05) is 42.6 Å². The van der Waals surface area contributed by atoms with Crippen LogP contribution in [0, 0.1) is 0 Å². The first-order valence-electron chi connectivity index (χ1n) is 11.5. The number of ether oxygens (including phenoxy) is 1. The molecule has 4 rings (SSSR count). The van der Waals surface area contributed by atoms with Crippen molar-refractivity contribution in [2.75, 3.05) is 26.2 Å². The monoisotopic (exact) mass is 432 g/mol. The number of rotatable bonds is 5. The Morgan fingerprint density at radius 3 is 2.38 bits per heavy atom. The maximum atomic E-state index is 12.7. The first-order valence-corrected chi connectivity index (χ1v) is 11.5. The summed E-state index contributed by atoms with van der Waals surface area (Å²) in [6.45, 7) is 9.02. The van der Waals surface area contributed by atoms with E-state index in [4.69, 9.17) is 4.74 Å². The van der Waals surface area contributed by atoms with Crippen molar-refractivity contribution in [3.8, 4) is 5.75 Å². The van der Waals surface area contributed by atoms with Gasteiger partial charge in [-0.05, 0) is 87.5 Å². The second-order valence-corrected chi connectivity index (χ2v) is 8.41. The fraction of sp³-hybridized carbons (Fsp3) is 0.370. The molecular weight excluding hydrogens is 400 g/mol. The highest BCUT2D eigenvalue weighted by Crippen LogP contribution is 2.43. The number of nitrogens with zero attached hydrogens (tertiary/aromatic N) is 1. The highest BCUT2D eigenvalue weighted by molar-refractivity contribution is 5.95. The molecular formula is C27H32N2O3. The predicted octanol–water partition coefficient (Wildman–Crippen LogP) is 5.03. The molecule has 0 unspecified atom stereocenters. The zero-order chi connectivity index (χ0) is 22.7. The number of hydrogen-bond donors (Lipinski definition) is 2. The number of allylic oxidation sites excluding steroid dienone is 1. The predicted molar refractivity (Wildman–Crippen MR) is 129 cm³/mol. The summed E-state index contributed by atoms with van der Waals surface area (Å²) >= 11 is 0. The molecule has 1 saturated heterocycles. The smallest absolute Gasteiger partial charge is 0.253 e. The maximum Gasteiger partial charge on any atom is 0.253 e. The first kappa shape index (κ1) is 22.2. The van der Waals surface area contributed by atoms with Crippen molar-refractivity contribution in [2.45, 2.75) is 39.2 Å². The standard InChI is InChI=1S/C27H32N2O3/c1-4-24(30)21-11-12-25-22(17-21)23(18-27(32-25)13-15-28-16-14-27)19-7-9-20(10-8-19)26(31)29(5-2)6-3/h4,7-12,17-18,28,30H,5-6,13-16H2,1-3H3/b24-4+. The molecule has 2 aromatic carbocycles. The zero-order valence-corrected chi connectivity index (χ0v) is 19.1. The number of aliphatic hydroxyl groups excluding tert-OH is 1. The summed E-state index contributed by atoms with van der Waals surface area (Å²) in [6, 6.07) is 13.7. The number of piperidine rings is 1. The van der Waals surface area contributed by atoms with Gasteiger partial charge in [0.05, 0.1) is 0 Å². The summed E-state index contributed by atoms with van der Waals surface area (Å²) in [5.41, 5.74) is 4.20. The van der Waals surface area contributed by atoms with Crippen LogP contribution in [0.3, 0.4) is 0 Å². The first-order chi connectivity index (χ1) is 15.5.